The molecule has 2 atom stereocenters. The summed E-state index contributed by atoms with van der Waals surface area (Å²) in [7, 11) is 0. The van der Waals surface area contributed by atoms with E-state index in [9.17, 15) is 9.90 Å². The molecule has 0 fully saturated rings. The molecule has 7 heteroatoms. The van der Waals surface area contributed by atoms with Crippen LogP contribution in [-0.4, -0.2) is 35.0 Å². The van der Waals surface area contributed by atoms with E-state index in [0.717, 1.165) is 0 Å². The zero-order chi connectivity index (χ0) is 14.4. The van der Waals surface area contributed by atoms with E-state index in [1.165, 1.54) is 0 Å². The Bertz CT molecular complexity index is 334. The van der Waals surface area contributed by atoms with Crippen LogP contribution in [0.4, 0.5) is 4.79 Å². The Hall–Kier alpha value is -1.46. The van der Waals surface area contributed by atoms with Gasteiger partial charge in [-0.2, -0.15) is 0 Å². The topological polar surface area (TPSA) is 107 Å². The lowest BCUT2D eigenvalue weighted by molar-refractivity contribution is 0.00142. The van der Waals surface area contributed by atoms with Crippen LogP contribution >= 0.6 is 0 Å². The first-order valence-electron chi connectivity index (χ1n) is 5.87. The summed E-state index contributed by atoms with van der Waals surface area (Å²) in [4.78, 5) is 14.2. The molecule has 0 aromatic rings. The minimum absolute atomic E-state index is 0.100. The summed E-state index contributed by atoms with van der Waals surface area (Å²) in [5, 5.41) is 16.1. The van der Waals surface area contributed by atoms with Crippen LogP contribution in [0.15, 0.2) is 5.11 Å². The monoisotopic (exact) mass is 258 g/mol. The molecule has 0 radical (unpaired) electrons. The first-order chi connectivity index (χ1) is 8.14. The fourth-order valence-corrected chi connectivity index (χ4v) is 1.33. The number of nitrogens with zero attached hydrogens (tertiary/aromatic N) is 3. The third kappa shape index (κ3) is 5.75. The molecule has 0 spiro atoms. The summed E-state index contributed by atoms with van der Waals surface area (Å²) in [5.41, 5.74) is 6.40. The minimum Gasteiger partial charge on any atom is -0.444 e. The second-order valence-electron chi connectivity index (χ2n) is 5.21. The summed E-state index contributed by atoms with van der Waals surface area (Å²) in [6.07, 6.45) is -0.258. The van der Waals surface area contributed by atoms with Crippen molar-refractivity contribution in [3.05, 3.63) is 10.4 Å². The Morgan fingerprint density at radius 3 is 2.50 bits per heavy atom. The fourth-order valence-electron chi connectivity index (χ4n) is 1.33. The molecule has 0 unspecified atom stereocenters. The summed E-state index contributed by atoms with van der Waals surface area (Å²) >= 11 is 0. The lowest BCUT2D eigenvalue weighted by atomic mass is 9.93. The quantitative estimate of drug-likeness (QED) is 0.449. The molecular formula is C11H22N4O3. The Labute approximate surface area is 107 Å². The van der Waals surface area contributed by atoms with Crippen molar-refractivity contribution in [3.63, 3.8) is 0 Å². The van der Waals surface area contributed by atoms with Crippen molar-refractivity contribution in [3.8, 4) is 0 Å². The van der Waals surface area contributed by atoms with Gasteiger partial charge in [0.05, 0.1) is 18.2 Å². The van der Waals surface area contributed by atoms with Crippen molar-refractivity contribution >= 4 is 6.09 Å². The number of nitrogens with one attached hydrogen (secondary N) is 1. The molecule has 0 rings (SSSR count). The van der Waals surface area contributed by atoms with E-state index >= 15 is 0 Å². The average Bonchev–Trinajstić information content (AvgIpc) is 2.22. The second kappa shape index (κ2) is 6.47. The Morgan fingerprint density at radius 2 is 2.11 bits per heavy atom. The molecule has 0 aromatic carbocycles. The molecule has 2 N–H and O–H groups in total. The molecule has 0 saturated carbocycles. The van der Waals surface area contributed by atoms with E-state index in [2.05, 4.69) is 15.3 Å². The van der Waals surface area contributed by atoms with Gasteiger partial charge in [-0.1, -0.05) is 12.0 Å². The molecule has 0 heterocycles. The predicted molar refractivity (Wildman–Crippen MR) is 68.1 cm³/mol. The van der Waals surface area contributed by atoms with Crippen molar-refractivity contribution in [2.45, 2.75) is 58.3 Å². The van der Waals surface area contributed by atoms with E-state index < -0.39 is 23.3 Å². The highest BCUT2D eigenvalue weighted by Crippen LogP contribution is 2.17. The Morgan fingerprint density at radius 1 is 1.56 bits per heavy atom. The largest absolute Gasteiger partial charge is 0.444 e. The summed E-state index contributed by atoms with van der Waals surface area (Å²) < 4.78 is 5.09. The number of hydrogen-bond acceptors (Lipinski definition) is 4. The maximum atomic E-state index is 11.6. The van der Waals surface area contributed by atoms with Crippen LogP contribution in [0.3, 0.4) is 0 Å². The zero-order valence-electron chi connectivity index (χ0n) is 11.6. The number of azide groups is 1. The highest BCUT2D eigenvalue weighted by molar-refractivity contribution is 5.68. The van der Waals surface area contributed by atoms with Gasteiger partial charge in [-0.3, -0.25) is 0 Å². The van der Waals surface area contributed by atoms with Gasteiger partial charge in [-0.05, 0) is 39.6 Å². The molecule has 7 nitrogen and oxygen atoms in total. The first kappa shape index (κ1) is 16.5. The van der Waals surface area contributed by atoms with Crippen molar-refractivity contribution < 1.29 is 14.6 Å². The molecule has 0 aromatic heterocycles. The molecule has 104 valence electrons. The smallest absolute Gasteiger partial charge is 0.407 e. The van der Waals surface area contributed by atoms with E-state index in [1.54, 1.807) is 34.6 Å². The molecule has 0 aliphatic carbocycles. The van der Waals surface area contributed by atoms with Crippen LogP contribution in [-0.2, 0) is 4.74 Å². The number of amides is 1. The van der Waals surface area contributed by atoms with Crippen molar-refractivity contribution in [2.24, 2.45) is 5.11 Å². The van der Waals surface area contributed by atoms with Gasteiger partial charge in [0.1, 0.15) is 5.60 Å². The Kier molecular flexibility index (Phi) is 5.94. The van der Waals surface area contributed by atoms with Gasteiger partial charge >= 0.3 is 6.09 Å². The molecule has 0 bridgehead atoms. The summed E-state index contributed by atoms with van der Waals surface area (Å²) in [6.45, 7) is 8.55. The van der Waals surface area contributed by atoms with Crippen LogP contribution in [0.2, 0.25) is 0 Å². The average molecular weight is 258 g/mol. The predicted octanol–water partition coefficient (Wildman–Crippen LogP) is 2.35. The van der Waals surface area contributed by atoms with Gasteiger partial charge in [-0.25, -0.2) is 4.79 Å². The van der Waals surface area contributed by atoms with E-state index in [1.807, 2.05) is 0 Å². The van der Waals surface area contributed by atoms with Gasteiger partial charge in [0.15, 0.2) is 0 Å². The highest BCUT2D eigenvalue weighted by Gasteiger charge is 2.33. The lowest BCUT2D eigenvalue weighted by Gasteiger charge is -2.33. The molecular weight excluding hydrogens is 236 g/mol. The zero-order valence-corrected chi connectivity index (χ0v) is 11.6. The lowest BCUT2D eigenvalue weighted by Crippen LogP contribution is -2.53. The van der Waals surface area contributed by atoms with Crippen molar-refractivity contribution in [1.29, 1.82) is 0 Å². The maximum absolute atomic E-state index is 11.6. The van der Waals surface area contributed by atoms with Gasteiger partial charge in [-0.15, -0.1) is 0 Å². The summed E-state index contributed by atoms with van der Waals surface area (Å²) in [5.74, 6) is 0. The number of hydrogen-bond donors (Lipinski definition) is 2. The van der Waals surface area contributed by atoms with Gasteiger partial charge in [0, 0.05) is 4.91 Å². The second-order valence-corrected chi connectivity index (χ2v) is 5.21. The Balaban J connectivity index is 4.57. The third-order valence-electron chi connectivity index (χ3n) is 2.56. The minimum atomic E-state index is -1.27. The summed E-state index contributed by atoms with van der Waals surface area (Å²) in [6, 6.07) is -0.581. The fraction of sp³-hybridized carbons (Fsp3) is 0.909. The van der Waals surface area contributed by atoms with Crippen LogP contribution < -0.4 is 5.32 Å². The first-order valence-corrected chi connectivity index (χ1v) is 5.87. The van der Waals surface area contributed by atoms with E-state index in [0.29, 0.717) is 6.42 Å². The number of ether oxygens (including phenoxy) is 1. The van der Waals surface area contributed by atoms with E-state index in [-0.39, 0.29) is 6.54 Å². The van der Waals surface area contributed by atoms with Gasteiger partial charge < -0.3 is 15.2 Å². The third-order valence-corrected chi connectivity index (χ3v) is 2.56. The number of carbonyl (C=O) groups is 1. The van der Waals surface area contributed by atoms with Crippen LogP contribution in [0.1, 0.15) is 41.0 Å². The normalized spacial score (nSPS) is 16.1. The van der Waals surface area contributed by atoms with Gasteiger partial charge in [0.25, 0.3) is 0 Å². The van der Waals surface area contributed by atoms with E-state index in [4.69, 9.17) is 10.3 Å². The van der Waals surface area contributed by atoms with Crippen LogP contribution in [0, 0.1) is 0 Å². The van der Waals surface area contributed by atoms with Crippen molar-refractivity contribution in [1.82, 2.24) is 5.32 Å². The maximum Gasteiger partial charge on any atom is 0.407 e. The number of alkyl carbamates (subject to hydrolysis) is 1. The molecule has 1 amide bonds. The SMILES string of the molecule is CC[C@](O)(CN=[N+]=[N-])[C@@H](C)NC(=O)OC(C)(C)C. The number of aliphatic hydroxyl groups is 1. The standard InChI is InChI=1S/C11H22N4O3/c1-6-11(17,7-13-15-12)8(2)14-9(16)18-10(3,4)5/h8,17H,6-7H2,1-5H3,(H,14,16)/t8-,11+/m1/s1. The number of carbonyl (C=O) groups excluding carboxylic acids is 1. The van der Waals surface area contributed by atoms with Crippen LogP contribution in [0.5, 0.6) is 0 Å². The molecule has 0 aliphatic rings. The van der Waals surface area contributed by atoms with Crippen molar-refractivity contribution in [2.75, 3.05) is 6.54 Å². The van der Waals surface area contributed by atoms with Crippen LogP contribution in [0.25, 0.3) is 10.4 Å². The molecule has 0 aliphatic heterocycles. The molecule has 18 heavy (non-hydrogen) atoms. The molecule has 0 saturated heterocycles. The highest BCUT2D eigenvalue weighted by atomic mass is 16.6. The van der Waals surface area contributed by atoms with Gasteiger partial charge in [0.2, 0.25) is 0 Å². The number of rotatable bonds is 5.